The lowest BCUT2D eigenvalue weighted by Gasteiger charge is -2.25. The van der Waals surface area contributed by atoms with Crippen molar-refractivity contribution >= 4 is 0 Å². The van der Waals surface area contributed by atoms with Crippen LogP contribution < -0.4 is 0 Å². The predicted octanol–water partition coefficient (Wildman–Crippen LogP) is 6.52. The maximum absolute atomic E-state index is 5.70. The monoisotopic (exact) mass is 314 g/mol. The number of methoxy groups -OCH3 is 2. The molecule has 134 valence electrons. The average Bonchev–Trinajstić information content (AvgIpc) is 2.54. The quantitative estimate of drug-likeness (QED) is 0.285. The zero-order valence-corrected chi connectivity index (χ0v) is 15.9. The summed E-state index contributed by atoms with van der Waals surface area (Å²) in [5.41, 5.74) is 0. The molecule has 0 heterocycles. The Morgan fingerprint density at radius 1 is 0.500 bits per heavy atom. The molecule has 0 aromatic heterocycles. The van der Waals surface area contributed by atoms with E-state index in [1.54, 1.807) is 0 Å². The maximum atomic E-state index is 5.70. The minimum atomic E-state index is 0.284. The van der Waals surface area contributed by atoms with Crippen molar-refractivity contribution in [2.75, 3.05) is 14.2 Å². The largest absolute Gasteiger partial charge is 0.379 e. The summed E-state index contributed by atoms with van der Waals surface area (Å²) in [5.74, 6) is 0. The molecule has 0 rings (SSSR count). The van der Waals surface area contributed by atoms with E-state index < -0.39 is 0 Å². The van der Waals surface area contributed by atoms with Gasteiger partial charge in [-0.3, -0.25) is 0 Å². The molecule has 2 atom stereocenters. The first-order chi connectivity index (χ1) is 10.8. The normalized spacial score (nSPS) is 14.2. The second-order valence-corrected chi connectivity index (χ2v) is 6.66. The molecule has 0 aromatic carbocycles. The van der Waals surface area contributed by atoms with Gasteiger partial charge in [-0.2, -0.15) is 0 Å². The molecule has 0 saturated carbocycles. The summed E-state index contributed by atoms with van der Waals surface area (Å²) in [6.45, 7) is 4.54. The molecule has 0 aliphatic rings. The molecule has 0 saturated heterocycles. The second-order valence-electron chi connectivity index (χ2n) is 6.66. The Morgan fingerprint density at radius 2 is 0.818 bits per heavy atom. The lowest BCUT2D eigenvalue weighted by Crippen LogP contribution is -2.30. The molecule has 0 aromatic rings. The van der Waals surface area contributed by atoms with Crippen molar-refractivity contribution in [1.82, 2.24) is 0 Å². The second kappa shape index (κ2) is 17.3. The van der Waals surface area contributed by atoms with Crippen LogP contribution in [-0.2, 0) is 9.47 Å². The minimum Gasteiger partial charge on any atom is -0.379 e. The molecule has 0 N–H and O–H groups in total. The van der Waals surface area contributed by atoms with Crippen molar-refractivity contribution < 1.29 is 9.47 Å². The Labute approximate surface area is 140 Å². The van der Waals surface area contributed by atoms with Crippen LogP contribution >= 0.6 is 0 Å². The predicted molar refractivity (Wildman–Crippen MR) is 97.6 cm³/mol. The van der Waals surface area contributed by atoms with Crippen LogP contribution in [0, 0.1) is 0 Å². The fourth-order valence-electron chi connectivity index (χ4n) is 3.16. The van der Waals surface area contributed by atoms with Crippen LogP contribution in [0.3, 0.4) is 0 Å². The zero-order chi connectivity index (χ0) is 16.5. The lowest BCUT2D eigenvalue weighted by molar-refractivity contribution is -0.0450. The van der Waals surface area contributed by atoms with Crippen LogP contribution in [0.4, 0.5) is 0 Å². The highest BCUT2D eigenvalue weighted by atomic mass is 16.5. The number of hydrogen-bond acceptors (Lipinski definition) is 2. The molecule has 0 amide bonds. The van der Waals surface area contributed by atoms with Gasteiger partial charge in [0.1, 0.15) is 0 Å². The van der Waals surface area contributed by atoms with Crippen LogP contribution in [0.5, 0.6) is 0 Å². The summed E-state index contributed by atoms with van der Waals surface area (Å²) >= 11 is 0. The first-order valence-electron chi connectivity index (χ1n) is 9.85. The van der Waals surface area contributed by atoms with E-state index in [-0.39, 0.29) is 12.2 Å². The SMILES string of the molecule is CCCCCCCCCC(OC)C(CCCCCCC)OC. The lowest BCUT2D eigenvalue weighted by atomic mass is 9.99. The molecule has 2 heteroatoms. The van der Waals surface area contributed by atoms with E-state index in [9.17, 15) is 0 Å². The van der Waals surface area contributed by atoms with Crippen LogP contribution in [-0.4, -0.2) is 26.4 Å². The minimum absolute atomic E-state index is 0.284. The van der Waals surface area contributed by atoms with Gasteiger partial charge >= 0.3 is 0 Å². The third kappa shape index (κ3) is 12.5. The molecule has 0 fully saturated rings. The molecule has 0 aliphatic carbocycles. The van der Waals surface area contributed by atoms with Gasteiger partial charge < -0.3 is 9.47 Å². The van der Waals surface area contributed by atoms with Crippen LogP contribution in [0.15, 0.2) is 0 Å². The summed E-state index contributed by atoms with van der Waals surface area (Å²) in [7, 11) is 3.68. The Balaban J connectivity index is 3.73. The zero-order valence-electron chi connectivity index (χ0n) is 15.9. The Bertz CT molecular complexity index is 206. The van der Waals surface area contributed by atoms with Crippen LogP contribution in [0.2, 0.25) is 0 Å². The van der Waals surface area contributed by atoms with Gasteiger partial charge in [0.2, 0.25) is 0 Å². The molecule has 22 heavy (non-hydrogen) atoms. The smallest absolute Gasteiger partial charge is 0.0832 e. The Kier molecular flexibility index (Phi) is 17.2. The first kappa shape index (κ1) is 21.9. The summed E-state index contributed by atoms with van der Waals surface area (Å²) in [4.78, 5) is 0. The molecule has 2 nitrogen and oxygen atoms in total. The number of unbranched alkanes of at least 4 members (excludes halogenated alkanes) is 10. The van der Waals surface area contributed by atoms with Crippen molar-refractivity contribution in [3.63, 3.8) is 0 Å². The van der Waals surface area contributed by atoms with Gasteiger partial charge in [-0.1, -0.05) is 90.9 Å². The molecule has 2 unspecified atom stereocenters. The van der Waals surface area contributed by atoms with Crippen molar-refractivity contribution in [3.8, 4) is 0 Å². The number of ether oxygens (including phenoxy) is 2. The van der Waals surface area contributed by atoms with E-state index in [1.807, 2.05) is 14.2 Å². The van der Waals surface area contributed by atoms with Gasteiger partial charge in [-0.25, -0.2) is 0 Å². The standard InChI is InChI=1S/C20H42O2/c1-5-7-9-11-12-14-16-18-20(22-4)19(21-3)17-15-13-10-8-6-2/h19-20H,5-18H2,1-4H3. The van der Waals surface area contributed by atoms with Gasteiger partial charge in [0, 0.05) is 14.2 Å². The van der Waals surface area contributed by atoms with Crippen LogP contribution in [0.25, 0.3) is 0 Å². The van der Waals surface area contributed by atoms with Gasteiger partial charge in [-0.05, 0) is 12.8 Å². The van der Waals surface area contributed by atoms with Gasteiger partial charge in [0.15, 0.2) is 0 Å². The van der Waals surface area contributed by atoms with E-state index in [1.165, 1.54) is 77.0 Å². The van der Waals surface area contributed by atoms with Gasteiger partial charge in [-0.15, -0.1) is 0 Å². The first-order valence-corrected chi connectivity index (χ1v) is 9.85. The summed E-state index contributed by atoms with van der Waals surface area (Å²) in [6, 6.07) is 0. The highest BCUT2D eigenvalue weighted by Crippen LogP contribution is 2.19. The Morgan fingerprint density at radius 3 is 1.14 bits per heavy atom. The molecule has 0 bridgehead atoms. The number of hydrogen-bond donors (Lipinski definition) is 0. The molecular weight excluding hydrogens is 272 g/mol. The van der Waals surface area contributed by atoms with Crippen molar-refractivity contribution in [2.24, 2.45) is 0 Å². The molecule has 0 radical (unpaired) electrons. The fraction of sp³-hybridized carbons (Fsp3) is 1.00. The summed E-state index contributed by atoms with van der Waals surface area (Å²) < 4.78 is 11.4. The molecule has 0 spiro atoms. The fourth-order valence-corrected chi connectivity index (χ4v) is 3.16. The van der Waals surface area contributed by atoms with E-state index in [4.69, 9.17) is 9.47 Å². The van der Waals surface area contributed by atoms with E-state index in [0.29, 0.717) is 0 Å². The van der Waals surface area contributed by atoms with Gasteiger partial charge in [0.25, 0.3) is 0 Å². The van der Waals surface area contributed by atoms with Crippen molar-refractivity contribution in [3.05, 3.63) is 0 Å². The number of rotatable bonds is 17. The summed E-state index contributed by atoms with van der Waals surface area (Å²) in [5, 5.41) is 0. The maximum Gasteiger partial charge on any atom is 0.0832 e. The average molecular weight is 315 g/mol. The van der Waals surface area contributed by atoms with E-state index in [2.05, 4.69) is 13.8 Å². The Hall–Kier alpha value is -0.0800. The van der Waals surface area contributed by atoms with Gasteiger partial charge in [0.05, 0.1) is 12.2 Å². The van der Waals surface area contributed by atoms with Crippen molar-refractivity contribution in [1.29, 1.82) is 0 Å². The summed E-state index contributed by atoms with van der Waals surface area (Å²) in [6.07, 6.45) is 19.0. The third-order valence-electron chi connectivity index (χ3n) is 4.70. The molecule has 0 aliphatic heterocycles. The van der Waals surface area contributed by atoms with E-state index >= 15 is 0 Å². The van der Waals surface area contributed by atoms with Crippen LogP contribution in [0.1, 0.15) is 104 Å². The van der Waals surface area contributed by atoms with E-state index in [0.717, 1.165) is 12.8 Å². The van der Waals surface area contributed by atoms with Crippen molar-refractivity contribution in [2.45, 2.75) is 116 Å². The highest BCUT2D eigenvalue weighted by Gasteiger charge is 2.19. The molecular formula is C20H42O2. The topological polar surface area (TPSA) is 18.5 Å². The highest BCUT2D eigenvalue weighted by molar-refractivity contribution is 4.71. The third-order valence-corrected chi connectivity index (χ3v) is 4.70.